The largest absolute Gasteiger partial charge is 0.343 e. The molecular weight excluding hydrogens is 310 g/mol. The first-order valence-electron chi connectivity index (χ1n) is 7.69. The van der Waals surface area contributed by atoms with Gasteiger partial charge < -0.3 is 10.2 Å². The summed E-state index contributed by atoms with van der Waals surface area (Å²) in [7, 11) is 0. The van der Waals surface area contributed by atoms with Crippen molar-refractivity contribution in [1.82, 2.24) is 15.2 Å². The SMILES string of the molecule is Cc1ncsc1C(=O)N[C@@H](CN1CCCC1=O)c1ccccc1. The summed E-state index contributed by atoms with van der Waals surface area (Å²) in [6.45, 7) is 3.09. The van der Waals surface area contributed by atoms with E-state index in [1.165, 1.54) is 11.3 Å². The number of carbonyl (C=O) groups excluding carboxylic acids is 2. The van der Waals surface area contributed by atoms with Crippen LogP contribution in [0.2, 0.25) is 0 Å². The van der Waals surface area contributed by atoms with Gasteiger partial charge in [0.25, 0.3) is 5.91 Å². The molecule has 1 fully saturated rings. The second-order valence-corrected chi connectivity index (χ2v) is 6.50. The second kappa shape index (κ2) is 6.91. The fraction of sp³-hybridized carbons (Fsp3) is 0.353. The highest BCUT2D eigenvalue weighted by Crippen LogP contribution is 2.20. The van der Waals surface area contributed by atoms with Crippen LogP contribution < -0.4 is 5.32 Å². The van der Waals surface area contributed by atoms with Gasteiger partial charge in [-0.3, -0.25) is 9.59 Å². The second-order valence-electron chi connectivity index (χ2n) is 5.65. The number of hydrogen-bond donors (Lipinski definition) is 1. The summed E-state index contributed by atoms with van der Waals surface area (Å²) in [5.41, 5.74) is 3.41. The quantitative estimate of drug-likeness (QED) is 0.917. The Labute approximate surface area is 139 Å². The predicted molar refractivity (Wildman–Crippen MR) is 89.3 cm³/mol. The maximum Gasteiger partial charge on any atom is 0.263 e. The summed E-state index contributed by atoms with van der Waals surface area (Å²) in [6.07, 6.45) is 1.49. The Morgan fingerprint density at radius 2 is 2.17 bits per heavy atom. The number of nitrogens with one attached hydrogen (secondary N) is 1. The summed E-state index contributed by atoms with van der Waals surface area (Å²) in [5.74, 6) is 0.0275. The van der Waals surface area contributed by atoms with Gasteiger partial charge in [0.15, 0.2) is 0 Å². The first-order chi connectivity index (χ1) is 11.1. The van der Waals surface area contributed by atoms with Crippen LogP contribution in [-0.2, 0) is 4.79 Å². The molecule has 2 amide bonds. The van der Waals surface area contributed by atoms with Crippen molar-refractivity contribution in [2.24, 2.45) is 0 Å². The van der Waals surface area contributed by atoms with E-state index in [4.69, 9.17) is 0 Å². The number of hydrogen-bond acceptors (Lipinski definition) is 4. The molecule has 0 saturated carbocycles. The van der Waals surface area contributed by atoms with Crippen LogP contribution in [0.5, 0.6) is 0 Å². The van der Waals surface area contributed by atoms with Crippen LogP contribution in [0.3, 0.4) is 0 Å². The molecule has 2 heterocycles. The van der Waals surface area contributed by atoms with Gasteiger partial charge in [0.2, 0.25) is 5.91 Å². The number of rotatable bonds is 5. The third-order valence-electron chi connectivity index (χ3n) is 4.03. The molecular formula is C17H19N3O2S. The molecule has 120 valence electrons. The maximum absolute atomic E-state index is 12.5. The van der Waals surface area contributed by atoms with E-state index in [9.17, 15) is 9.59 Å². The molecule has 1 aromatic carbocycles. The predicted octanol–water partition coefficient (Wildman–Crippen LogP) is 2.55. The van der Waals surface area contributed by atoms with Gasteiger partial charge in [-0.05, 0) is 18.9 Å². The molecule has 1 aliphatic heterocycles. The van der Waals surface area contributed by atoms with Crippen LogP contribution in [0, 0.1) is 6.92 Å². The Morgan fingerprint density at radius 3 is 2.78 bits per heavy atom. The number of thiazole rings is 1. The smallest absolute Gasteiger partial charge is 0.263 e. The highest BCUT2D eigenvalue weighted by atomic mass is 32.1. The lowest BCUT2D eigenvalue weighted by Crippen LogP contribution is -2.38. The van der Waals surface area contributed by atoms with E-state index in [2.05, 4.69) is 10.3 Å². The molecule has 1 aliphatic rings. The monoisotopic (exact) mass is 329 g/mol. The lowest BCUT2D eigenvalue weighted by molar-refractivity contribution is -0.128. The minimum Gasteiger partial charge on any atom is -0.343 e. The van der Waals surface area contributed by atoms with Gasteiger partial charge in [0, 0.05) is 19.5 Å². The Balaban J connectivity index is 1.79. The number of carbonyl (C=O) groups is 2. The molecule has 2 aromatic rings. The number of likely N-dealkylation sites (tertiary alicyclic amines) is 1. The Hall–Kier alpha value is -2.21. The highest BCUT2D eigenvalue weighted by molar-refractivity contribution is 7.11. The van der Waals surface area contributed by atoms with Crippen molar-refractivity contribution in [3.05, 3.63) is 52.0 Å². The third kappa shape index (κ3) is 3.59. The van der Waals surface area contributed by atoms with E-state index in [0.717, 1.165) is 24.2 Å². The summed E-state index contributed by atoms with van der Waals surface area (Å²) in [5, 5.41) is 3.06. The molecule has 0 aliphatic carbocycles. The molecule has 1 aromatic heterocycles. The molecule has 0 radical (unpaired) electrons. The van der Waals surface area contributed by atoms with Crippen molar-refractivity contribution in [3.8, 4) is 0 Å². The summed E-state index contributed by atoms with van der Waals surface area (Å²) < 4.78 is 0. The fourth-order valence-electron chi connectivity index (χ4n) is 2.78. The Kier molecular flexibility index (Phi) is 4.71. The van der Waals surface area contributed by atoms with Crippen LogP contribution in [0.25, 0.3) is 0 Å². The van der Waals surface area contributed by atoms with Crippen molar-refractivity contribution < 1.29 is 9.59 Å². The van der Waals surface area contributed by atoms with E-state index in [1.54, 1.807) is 5.51 Å². The molecule has 5 nitrogen and oxygen atoms in total. The van der Waals surface area contributed by atoms with Gasteiger partial charge in [-0.15, -0.1) is 11.3 Å². The fourth-order valence-corrected chi connectivity index (χ4v) is 3.49. The number of aromatic nitrogens is 1. The van der Waals surface area contributed by atoms with E-state index in [-0.39, 0.29) is 17.9 Å². The van der Waals surface area contributed by atoms with E-state index in [0.29, 0.717) is 17.8 Å². The van der Waals surface area contributed by atoms with E-state index < -0.39 is 0 Å². The average Bonchev–Trinajstić information content (AvgIpc) is 3.16. The normalized spacial score (nSPS) is 15.7. The van der Waals surface area contributed by atoms with Gasteiger partial charge in [0.1, 0.15) is 4.88 Å². The average molecular weight is 329 g/mol. The summed E-state index contributed by atoms with van der Waals surface area (Å²) >= 11 is 1.33. The first kappa shape index (κ1) is 15.7. The number of benzene rings is 1. The standard InChI is InChI=1S/C17H19N3O2S/c1-12-16(23-11-18-12)17(22)19-14(13-6-3-2-4-7-13)10-20-9-5-8-15(20)21/h2-4,6-7,11,14H,5,8-10H2,1H3,(H,19,22)/t14-/m0/s1. The zero-order valence-electron chi connectivity index (χ0n) is 13.0. The van der Waals surface area contributed by atoms with Crippen LogP contribution in [0.15, 0.2) is 35.8 Å². The van der Waals surface area contributed by atoms with Gasteiger partial charge in [-0.25, -0.2) is 4.98 Å². The molecule has 6 heteroatoms. The molecule has 0 unspecified atom stereocenters. The topological polar surface area (TPSA) is 62.3 Å². The van der Waals surface area contributed by atoms with E-state index in [1.807, 2.05) is 42.2 Å². The van der Waals surface area contributed by atoms with Gasteiger partial charge >= 0.3 is 0 Å². The summed E-state index contributed by atoms with van der Waals surface area (Å²) in [4.78, 5) is 31.0. The maximum atomic E-state index is 12.5. The Bertz CT molecular complexity index is 699. The zero-order chi connectivity index (χ0) is 16.2. The van der Waals surface area contributed by atoms with Crippen molar-refractivity contribution in [2.75, 3.05) is 13.1 Å². The molecule has 3 rings (SSSR count). The van der Waals surface area contributed by atoms with Crippen LogP contribution in [0.1, 0.15) is 39.8 Å². The minimum atomic E-state index is -0.216. The molecule has 1 atom stereocenters. The number of nitrogens with zero attached hydrogens (tertiary/aromatic N) is 2. The first-order valence-corrected chi connectivity index (χ1v) is 8.57. The Morgan fingerprint density at radius 1 is 1.39 bits per heavy atom. The minimum absolute atomic E-state index is 0.134. The lowest BCUT2D eigenvalue weighted by Gasteiger charge is -2.25. The van der Waals surface area contributed by atoms with Crippen molar-refractivity contribution >= 4 is 23.2 Å². The third-order valence-corrected chi connectivity index (χ3v) is 4.96. The lowest BCUT2D eigenvalue weighted by atomic mass is 10.1. The number of aryl methyl sites for hydroxylation is 1. The van der Waals surface area contributed by atoms with Gasteiger partial charge in [-0.2, -0.15) is 0 Å². The van der Waals surface area contributed by atoms with Crippen molar-refractivity contribution in [2.45, 2.75) is 25.8 Å². The van der Waals surface area contributed by atoms with Crippen molar-refractivity contribution in [3.63, 3.8) is 0 Å². The van der Waals surface area contributed by atoms with Crippen LogP contribution in [-0.4, -0.2) is 34.8 Å². The van der Waals surface area contributed by atoms with Crippen LogP contribution in [0.4, 0.5) is 0 Å². The number of amides is 2. The zero-order valence-corrected chi connectivity index (χ0v) is 13.8. The van der Waals surface area contributed by atoms with Gasteiger partial charge in [0.05, 0.1) is 17.2 Å². The molecule has 0 spiro atoms. The van der Waals surface area contributed by atoms with E-state index >= 15 is 0 Å². The molecule has 1 saturated heterocycles. The van der Waals surface area contributed by atoms with Gasteiger partial charge in [-0.1, -0.05) is 30.3 Å². The summed E-state index contributed by atoms with van der Waals surface area (Å²) in [6, 6.07) is 9.57. The molecule has 1 N–H and O–H groups in total. The molecule has 23 heavy (non-hydrogen) atoms. The van der Waals surface area contributed by atoms with Crippen LogP contribution >= 0.6 is 11.3 Å². The molecule has 0 bridgehead atoms. The van der Waals surface area contributed by atoms with Crippen molar-refractivity contribution in [1.29, 1.82) is 0 Å². The highest BCUT2D eigenvalue weighted by Gasteiger charge is 2.26.